The topological polar surface area (TPSA) is 104 Å². The van der Waals surface area contributed by atoms with Gasteiger partial charge in [0.2, 0.25) is 5.91 Å². The molecule has 5 rings (SSSR count). The van der Waals surface area contributed by atoms with E-state index in [0.717, 1.165) is 37.2 Å². The summed E-state index contributed by atoms with van der Waals surface area (Å²) in [6.07, 6.45) is 5.33. The summed E-state index contributed by atoms with van der Waals surface area (Å²) in [5.41, 5.74) is 2.92. The maximum atomic E-state index is 13.8. The Hall–Kier alpha value is -3.93. The summed E-state index contributed by atoms with van der Waals surface area (Å²) in [7, 11) is 3.58. The highest BCUT2D eigenvalue weighted by atomic mass is 35.5. The normalized spacial score (nSPS) is 17.4. The van der Waals surface area contributed by atoms with Crippen molar-refractivity contribution in [3.05, 3.63) is 71.8 Å². The first-order chi connectivity index (χ1) is 19.9. The number of amides is 1. The SMILES string of the molecule is C=CC(=O)Nc1cc(Nc2cc(N3OCC[C@@H]3c3ccc(F)c(Cl)c3)ncn2)c(OC)cc1N1CCC(NC)CC1. The zero-order valence-corrected chi connectivity index (χ0v) is 23.7. The van der Waals surface area contributed by atoms with Gasteiger partial charge in [-0.25, -0.2) is 19.4 Å². The zero-order valence-electron chi connectivity index (χ0n) is 23.0. The molecule has 3 aromatic rings. The first-order valence-electron chi connectivity index (χ1n) is 13.4. The third-order valence-electron chi connectivity index (χ3n) is 7.38. The highest BCUT2D eigenvalue weighted by Crippen LogP contribution is 2.40. The monoisotopic (exact) mass is 581 g/mol. The third kappa shape index (κ3) is 6.37. The van der Waals surface area contributed by atoms with Crippen LogP contribution in [0.4, 0.5) is 33.1 Å². The standard InChI is InChI=1S/C29H33ClFN7O3/c1-4-29(39)36-22-14-23(26(40-3)15-25(22)37-10-7-19(32-2)8-11-37)35-27-16-28(34-17-33-27)38-24(9-12-41-38)18-5-6-21(31)20(30)13-18/h4-6,13-17,19,24,32H,1,7-12H2,2-3H3,(H,36,39)(H,33,34,35)/t24-/m1/s1. The number of nitrogens with one attached hydrogen (secondary N) is 3. The van der Waals surface area contributed by atoms with Gasteiger partial charge in [-0.1, -0.05) is 24.2 Å². The number of methoxy groups -OCH3 is 1. The van der Waals surface area contributed by atoms with Crippen LogP contribution in [0, 0.1) is 5.82 Å². The Kier molecular flexibility index (Phi) is 8.87. The van der Waals surface area contributed by atoms with E-state index in [2.05, 4.69) is 37.4 Å². The van der Waals surface area contributed by atoms with Crippen molar-refractivity contribution in [3.63, 3.8) is 0 Å². The average molecular weight is 582 g/mol. The van der Waals surface area contributed by atoms with Crippen molar-refractivity contribution in [2.24, 2.45) is 0 Å². The fourth-order valence-corrected chi connectivity index (χ4v) is 5.37. The molecule has 0 saturated carbocycles. The van der Waals surface area contributed by atoms with E-state index in [9.17, 15) is 9.18 Å². The number of rotatable bonds is 9. The van der Waals surface area contributed by atoms with E-state index in [-0.39, 0.29) is 17.0 Å². The van der Waals surface area contributed by atoms with Crippen molar-refractivity contribution >= 4 is 46.2 Å². The van der Waals surface area contributed by atoms with Gasteiger partial charge in [0.1, 0.15) is 23.7 Å². The van der Waals surface area contributed by atoms with Gasteiger partial charge in [0.15, 0.2) is 5.82 Å². The number of halogens is 2. The molecule has 0 spiro atoms. The molecule has 12 heteroatoms. The molecular formula is C29H33ClFN7O3. The molecule has 41 heavy (non-hydrogen) atoms. The van der Waals surface area contributed by atoms with Crippen LogP contribution >= 0.6 is 11.6 Å². The molecule has 1 amide bonds. The molecular weight excluding hydrogens is 549 g/mol. The van der Waals surface area contributed by atoms with Crippen LogP contribution < -0.4 is 30.7 Å². The van der Waals surface area contributed by atoms with Crippen LogP contribution in [0.3, 0.4) is 0 Å². The van der Waals surface area contributed by atoms with Crippen molar-refractivity contribution in [1.29, 1.82) is 0 Å². The number of ether oxygens (including phenoxy) is 1. The van der Waals surface area contributed by atoms with Gasteiger partial charge < -0.3 is 25.6 Å². The number of nitrogens with zero attached hydrogens (tertiary/aromatic N) is 4. The van der Waals surface area contributed by atoms with Crippen LogP contribution in [0.1, 0.15) is 30.9 Å². The Bertz CT molecular complexity index is 1420. The van der Waals surface area contributed by atoms with Gasteiger partial charge in [0.25, 0.3) is 0 Å². The molecule has 2 aromatic carbocycles. The lowest BCUT2D eigenvalue weighted by Gasteiger charge is -2.35. The molecule has 0 bridgehead atoms. The highest BCUT2D eigenvalue weighted by molar-refractivity contribution is 6.30. The largest absolute Gasteiger partial charge is 0.494 e. The predicted molar refractivity (Wildman–Crippen MR) is 159 cm³/mol. The number of piperidine rings is 1. The molecule has 216 valence electrons. The maximum Gasteiger partial charge on any atom is 0.247 e. The Labute approximate surface area is 243 Å². The summed E-state index contributed by atoms with van der Waals surface area (Å²) in [5.74, 6) is 0.816. The average Bonchev–Trinajstić information content (AvgIpc) is 3.49. The molecule has 10 nitrogen and oxygen atoms in total. The number of hydroxylamine groups is 1. The fraction of sp³-hybridized carbons (Fsp3) is 0.345. The quantitative estimate of drug-likeness (QED) is 0.294. The van der Waals surface area contributed by atoms with E-state index < -0.39 is 5.82 Å². The van der Waals surface area contributed by atoms with E-state index >= 15 is 0 Å². The van der Waals surface area contributed by atoms with Crippen molar-refractivity contribution in [3.8, 4) is 5.75 Å². The van der Waals surface area contributed by atoms with Crippen LogP contribution in [-0.2, 0) is 9.63 Å². The van der Waals surface area contributed by atoms with E-state index in [1.807, 2.05) is 19.2 Å². The molecule has 3 N–H and O–H groups in total. The van der Waals surface area contributed by atoms with Crippen LogP contribution in [-0.4, -0.2) is 55.8 Å². The van der Waals surface area contributed by atoms with E-state index in [1.165, 1.54) is 18.5 Å². The van der Waals surface area contributed by atoms with Gasteiger partial charge >= 0.3 is 0 Å². The zero-order chi connectivity index (χ0) is 28.9. The summed E-state index contributed by atoms with van der Waals surface area (Å²) in [6.45, 7) is 5.74. The van der Waals surface area contributed by atoms with Gasteiger partial charge in [0, 0.05) is 37.7 Å². The number of benzene rings is 2. The van der Waals surface area contributed by atoms with Crippen molar-refractivity contribution in [2.45, 2.75) is 31.3 Å². The summed E-state index contributed by atoms with van der Waals surface area (Å²) in [5, 5.41) is 11.3. The van der Waals surface area contributed by atoms with Crippen LogP contribution in [0.15, 0.2) is 55.4 Å². The summed E-state index contributed by atoms with van der Waals surface area (Å²) < 4.78 is 19.5. The van der Waals surface area contributed by atoms with E-state index in [4.69, 9.17) is 21.2 Å². The lowest BCUT2D eigenvalue weighted by molar-refractivity contribution is -0.111. The summed E-state index contributed by atoms with van der Waals surface area (Å²) in [4.78, 5) is 29.3. The Morgan fingerprint density at radius 1 is 1.17 bits per heavy atom. The molecule has 0 radical (unpaired) electrons. The van der Waals surface area contributed by atoms with Crippen molar-refractivity contribution in [2.75, 3.05) is 54.5 Å². The minimum atomic E-state index is -0.472. The second-order valence-corrected chi connectivity index (χ2v) is 10.2. The smallest absolute Gasteiger partial charge is 0.247 e. The number of carbonyl (C=O) groups is 1. The summed E-state index contributed by atoms with van der Waals surface area (Å²) >= 11 is 6.04. The molecule has 3 heterocycles. The van der Waals surface area contributed by atoms with Gasteiger partial charge in [0.05, 0.1) is 41.8 Å². The van der Waals surface area contributed by atoms with Gasteiger partial charge in [-0.05, 0) is 49.7 Å². The molecule has 2 aliphatic rings. The molecule has 1 atom stereocenters. The Morgan fingerprint density at radius 2 is 1.98 bits per heavy atom. The van der Waals surface area contributed by atoms with Gasteiger partial charge in [-0.2, -0.15) is 0 Å². The highest BCUT2D eigenvalue weighted by Gasteiger charge is 2.30. The first kappa shape index (κ1) is 28.6. The van der Waals surface area contributed by atoms with Crippen molar-refractivity contribution in [1.82, 2.24) is 15.3 Å². The molecule has 2 aliphatic heterocycles. The lowest BCUT2D eigenvalue weighted by Crippen LogP contribution is -2.41. The summed E-state index contributed by atoms with van der Waals surface area (Å²) in [6, 6.07) is 10.4. The fourth-order valence-electron chi connectivity index (χ4n) is 5.18. The Balaban J connectivity index is 1.43. The lowest BCUT2D eigenvalue weighted by atomic mass is 10.0. The molecule has 2 fully saturated rings. The van der Waals surface area contributed by atoms with Gasteiger partial charge in [-0.15, -0.1) is 0 Å². The number of hydrogen-bond acceptors (Lipinski definition) is 9. The number of anilines is 5. The second-order valence-electron chi connectivity index (χ2n) is 9.84. The third-order valence-corrected chi connectivity index (χ3v) is 7.67. The molecule has 0 aliphatic carbocycles. The number of carbonyl (C=O) groups excluding carboxylic acids is 1. The minimum absolute atomic E-state index is 0.0562. The molecule has 2 saturated heterocycles. The van der Waals surface area contributed by atoms with E-state index in [1.54, 1.807) is 30.4 Å². The first-order valence-corrected chi connectivity index (χ1v) is 13.8. The maximum absolute atomic E-state index is 13.8. The van der Waals surface area contributed by atoms with Crippen LogP contribution in [0.5, 0.6) is 5.75 Å². The van der Waals surface area contributed by atoms with Crippen LogP contribution in [0.2, 0.25) is 5.02 Å². The Morgan fingerprint density at radius 3 is 2.68 bits per heavy atom. The number of aromatic nitrogens is 2. The number of hydrogen-bond donors (Lipinski definition) is 3. The van der Waals surface area contributed by atoms with E-state index in [0.29, 0.717) is 47.8 Å². The molecule has 1 aromatic heterocycles. The van der Waals surface area contributed by atoms with Crippen molar-refractivity contribution < 1.29 is 18.8 Å². The minimum Gasteiger partial charge on any atom is -0.494 e. The second kappa shape index (κ2) is 12.7. The predicted octanol–water partition coefficient (Wildman–Crippen LogP) is 5.22. The van der Waals surface area contributed by atoms with Gasteiger partial charge in [-0.3, -0.25) is 9.63 Å². The molecule has 0 unspecified atom stereocenters. The van der Waals surface area contributed by atoms with Crippen LogP contribution in [0.25, 0.3) is 0 Å².